The molecule has 4 aromatic rings. The van der Waals surface area contributed by atoms with Gasteiger partial charge in [0.05, 0.1) is 19.6 Å². The van der Waals surface area contributed by atoms with E-state index in [1.165, 1.54) is 0 Å². The van der Waals surface area contributed by atoms with Crippen molar-refractivity contribution in [1.29, 1.82) is 0 Å². The van der Waals surface area contributed by atoms with Crippen molar-refractivity contribution in [2.24, 2.45) is 5.92 Å². The summed E-state index contributed by atoms with van der Waals surface area (Å²) in [5.74, 6) is 1.40. The third kappa shape index (κ3) is 12.0. The first kappa shape index (κ1) is 40.2. The van der Waals surface area contributed by atoms with E-state index in [-0.39, 0.29) is 25.1 Å². The van der Waals surface area contributed by atoms with Crippen LogP contribution in [-0.4, -0.2) is 60.5 Å². The second-order valence-corrected chi connectivity index (χ2v) is 15.8. The number of carbonyl (C=O) groups is 3. The van der Waals surface area contributed by atoms with Gasteiger partial charge in [0.15, 0.2) is 0 Å². The lowest BCUT2D eigenvalue weighted by Gasteiger charge is -2.34. The van der Waals surface area contributed by atoms with E-state index in [1.807, 2.05) is 101 Å². The summed E-state index contributed by atoms with van der Waals surface area (Å²) in [6.45, 7) is 16.4. The molecule has 1 aromatic heterocycles. The normalized spacial score (nSPS) is 14.8. The van der Waals surface area contributed by atoms with Crippen molar-refractivity contribution in [2.45, 2.75) is 98.6 Å². The van der Waals surface area contributed by atoms with Crippen molar-refractivity contribution in [3.63, 3.8) is 0 Å². The number of ether oxygens (including phenoxy) is 4. The molecule has 11 heteroatoms. The fourth-order valence-electron chi connectivity index (χ4n) is 6.43. The number of nitrogens with zero attached hydrogens (tertiary/aromatic N) is 1. The maximum absolute atomic E-state index is 12.7. The smallest absolute Gasteiger partial charge is 0.410 e. The van der Waals surface area contributed by atoms with Crippen molar-refractivity contribution >= 4 is 29.1 Å². The molecule has 5 rings (SSSR count). The summed E-state index contributed by atoms with van der Waals surface area (Å²) in [6, 6.07) is 21.6. The van der Waals surface area contributed by atoms with Crippen molar-refractivity contribution < 1.29 is 37.7 Å². The SMILES string of the molecule is CCOC(=O)Cc1ccccc1OCc1cc(-c2cccc(CNC(=O)OC(C)(C)C)c2)c2oc(CNCC3CCCN(C(=O)OC(C)(C)C)C3)cc2c1. The molecule has 2 amide bonds. The number of carbonyl (C=O) groups excluding carboxylic acids is 3. The van der Waals surface area contributed by atoms with Gasteiger partial charge in [-0.1, -0.05) is 36.4 Å². The molecule has 0 aliphatic carbocycles. The number of fused-ring (bicyclic) bond motifs is 1. The fraction of sp³-hybridized carbons (Fsp3) is 0.465. The van der Waals surface area contributed by atoms with Gasteiger partial charge in [0.25, 0.3) is 0 Å². The number of rotatable bonds is 13. The lowest BCUT2D eigenvalue weighted by Crippen LogP contribution is -2.44. The molecule has 1 saturated heterocycles. The summed E-state index contributed by atoms with van der Waals surface area (Å²) in [4.78, 5) is 39.2. The predicted molar refractivity (Wildman–Crippen MR) is 208 cm³/mol. The minimum Gasteiger partial charge on any atom is -0.489 e. The summed E-state index contributed by atoms with van der Waals surface area (Å²) in [6.07, 6.45) is 1.35. The van der Waals surface area contributed by atoms with Gasteiger partial charge < -0.3 is 38.9 Å². The summed E-state index contributed by atoms with van der Waals surface area (Å²) in [7, 11) is 0. The summed E-state index contributed by atoms with van der Waals surface area (Å²) in [5.41, 5.74) is 4.01. The highest BCUT2D eigenvalue weighted by atomic mass is 16.6. The van der Waals surface area contributed by atoms with Crippen LogP contribution in [0, 0.1) is 5.92 Å². The molecular formula is C43H55N3O8. The van der Waals surface area contributed by atoms with Crippen LogP contribution in [0.2, 0.25) is 0 Å². The van der Waals surface area contributed by atoms with Gasteiger partial charge >= 0.3 is 18.2 Å². The Bertz CT molecular complexity index is 1900. The zero-order chi connectivity index (χ0) is 38.9. The predicted octanol–water partition coefficient (Wildman–Crippen LogP) is 8.55. The van der Waals surface area contributed by atoms with Crippen LogP contribution in [0.4, 0.5) is 9.59 Å². The van der Waals surface area contributed by atoms with Crippen LogP contribution >= 0.6 is 0 Å². The quantitative estimate of drug-likeness (QED) is 0.102. The second kappa shape index (κ2) is 17.9. The van der Waals surface area contributed by atoms with Crippen molar-refractivity contribution in [3.05, 3.63) is 89.2 Å². The molecule has 0 saturated carbocycles. The molecule has 3 aromatic carbocycles. The molecule has 1 fully saturated rings. The maximum Gasteiger partial charge on any atom is 0.410 e. The highest BCUT2D eigenvalue weighted by molar-refractivity contribution is 5.93. The van der Waals surface area contributed by atoms with E-state index in [1.54, 1.807) is 6.92 Å². The Kier molecular flexibility index (Phi) is 13.3. The number of alkyl carbamates (subject to hydrolysis) is 1. The average Bonchev–Trinajstić information content (AvgIpc) is 3.52. The molecule has 11 nitrogen and oxygen atoms in total. The zero-order valence-electron chi connectivity index (χ0n) is 32.7. The molecule has 0 bridgehead atoms. The number of nitrogens with one attached hydrogen (secondary N) is 2. The third-order valence-corrected chi connectivity index (χ3v) is 8.71. The number of hydrogen-bond donors (Lipinski definition) is 2. The van der Waals surface area contributed by atoms with E-state index in [2.05, 4.69) is 22.8 Å². The molecule has 0 spiro atoms. The highest BCUT2D eigenvalue weighted by Crippen LogP contribution is 2.34. The number of esters is 1. The van der Waals surface area contributed by atoms with Crippen LogP contribution in [-0.2, 0) is 45.1 Å². The average molecular weight is 742 g/mol. The van der Waals surface area contributed by atoms with Crippen LogP contribution < -0.4 is 15.4 Å². The Morgan fingerprint density at radius 3 is 2.43 bits per heavy atom. The van der Waals surface area contributed by atoms with Gasteiger partial charge in [-0.05, 0) is 114 Å². The van der Waals surface area contributed by atoms with Crippen molar-refractivity contribution in [2.75, 3.05) is 26.2 Å². The fourth-order valence-corrected chi connectivity index (χ4v) is 6.43. The molecule has 0 radical (unpaired) electrons. The van der Waals surface area contributed by atoms with Crippen LogP contribution in [0.5, 0.6) is 5.75 Å². The van der Waals surface area contributed by atoms with E-state index in [9.17, 15) is 14.4 Å². The largest absolute Gasteiger partial charge is 0.489 e. The number of amides is 2. The Morgan fingerprint density at radius 1 is 0.889 bits per heavy atom. The van der Waals surface area contributed by atoms with E-state index in [0.717, 1.165) is 63.9 Å². The van der Waals surface area contributed by atoms with Gasteiger partial charge in [0.2, 0.25) is 0 Å². The van der Waals surface area contributed by atoms with Gasteiger partial charge in [-0.25, -0.2) is 9.59 Å². The molecule has 1 atom stereocenters. The first-order valence-electron chi connectivity index (χ1n) is 18.8. The lowest BCUT2D eigenvalue weighted by molar-refractivity contribution is -0.142. The van der Waals surface area contributed by atoms with E-state index in [0.29, 0.717) is 44.5 Å². The minimum atomic E-state index is -0.595. The number of piperidine rings is 1. The van der Waals surface area contributed by atoms with Crippen LogP contribution in [0.1, 0.15) is 83.8 Å². The molecule has 290 valence electrons. The highest BCUT2D eigenvalue weighted by Gasteiger charge is 2.27. The lowest BCUT2D eigenvalue weighted by atomic mass is 9.98. The minimum absolute atomic E-state index is 0.121. The summed E-state index contributed by atoms with van der Waals surface area (Å²) in [5, 5.41) is 7.33. The topological polar surface area (TPSA) is 129 Å². The number of benzene rings is 3. The summed E-state index contributed by atoms with van der Waals surface area (Å²) < 4.78 is 29.0. The number of likely N-dealkylation sites (tertiary alicyclic amines) is 1. The number of hydrogen-bond acceptors (Lipinski definition) is 9. The monoisotopic (exact) mass is 741 g/mol. The summed E-state index contributed by atoms with van der Waals surface area (Å²) >= 11 is 0. The van der Waals surface area contributed by atoms with Crippen molar-refractivity contribution in [1.82, 2.24) is 15.5 Å². The standard InChI is InChI=1S/C43H55N3O8/c1-8-50-38(47)23-33-15-9-10-17-37(33)51-28-31-20-34-22-35(26-44-24-30-14-12-18-46(27-30)41(49)54-43(5,6)7)52-39(34)36(21-31)32-16-11-13-29(19-32)25-45-40(48)53-42(2,3)4/h9-11,13,15-17,19-22,30,44H,8,12,14,18,23-28H2,1-7H3,(H,45,48). The van der Waals surface area contributed by atoms with Crippen LogP contribution in [0.3, 0.4) is 0 Å². The molecule has 1 aliphatic rings. The number of para-hydroxylation sites is 1. The molecule has 2 heterocycles. The molecule has 1 unspecified atom stereocenters. The van der Waals surface area contributed by atoms with Crippen molar-refractivity contribution in [3.8, 4) is 16.9 Å². The van der Waals surface area contributed by atoms with Gasteiger partial charge in [0, 0.05) is 42.7 Å². The van der Waals surface area contributed by atoms with Crippen LogP contribution in [0.25, 0.3) is 22.1 Å². The molecule has 2 N–H and O–H groups in total. The first-order chi connectivity index (χ1) is 25.7. The van der Waals surface area contributed by atoms with Gasteiger partial charge in [0.1, 0.15) is 34.9 Å². The number of furan rings is 1. The molecule has 1 aliphatic heterocycles. The molecule has 54 heavy (non-hydrogen) atoms. The van der Waals surface area contributed by atoms with E-state index >= 15 is 0 Å². The Labute approximate surface area is 318 Å². The second-order valence-electron chi connectivity index (χ2n) is 15.8. The molecular weight excluding hydrogens is 686 g/mol. The maximum atomic E-state index is 12.7. The van der Waals surface area contributed by atoms with Gasteiger partial charge in [-0.3, -0.25) is 4.79 Å². The Hall–Kier alpha value is -5.03. The van der Waals surface area contributed by atoms with Gasteiger partial charge in [-0.2, -0.15) is 0 Å². The third-order valence-electron chi connectivity index (χ3n) is 8.71. The zero-order valence-corrected chi connectivity index (χ0v) is 32.7. The Balaban J connectivity index is 1.35. The Morgan fingerprint density at radius 2 is 1.67 bits per heavy atom. The first-order valence-corrected chi connectivity index (χ1v) is 18.8. The van der Waals surface area contributed by atoms with E-state index in [4.69, 9.17) is 23.4 Å². The van der Waals surface area contributed by atoms with E-state index < -0.39 is 17.3 Å². The van der Waals surface area contributed by atoms with Crippen LogP contribution in [0.15, 0.2) is 71.1 Å². The van der Waals surface area contributed by atoms with Gasteiger partial charge in [-0.15, -0.1) is 0 Å².